The first kappa shape index (κ1) is 18.6. The summed E-state index contributed by atoms with van der Waals surface area (Å²) in [6.45, 7) is 4.05. The molecule has 0 unspecified atom stereocenters. The summed E-state index contributed by atoms with van der Waals surface area (Å²) in [7, 11) is 0. The fourth-order valence-corrected chi connectivity index (χ4v) is 2.94. The van der Waals surface area contributed by atoms with Crippen LogP contribution in [0.15, 0.2) is 96.7 Å². The highest BCUT2D eigenvalue weighted by Crippen LogP contribution is 2.25. The Morgan fingerprint density at radius 3 is 1.45 bits per heavy atom. The van der Waals surface area contributed by atoms with Gasteiger partial charge < -0.3 is 5.32 Å². The molecule has 0 bridgehead atoms. The molecule has 4 heteroatoms. The highest BCUT2D eigenvalue weighted by Gasteiger charge is 2.11. The second-order valence-electron chi connectivity index (χ2n) is 6.71. The van der Waals surface area contributed by atoms with Crippen LogP contribution in [0.1, 0.15) is 13.8 Å². The summed E-state index contributed by atoms with van der Waals surface area (Å²) in [5.41, 5.74) is 5.02. The predicted molar refractivity (Wildman–Crippen MR) is 119 cm³/mol. The largest absolute Gasteiger partial charge is 0.359 e. The van der Waals surface area contributed by atoms with Crippen LogP contribution in [0.5, 0.6) is 0 Å². The van der Waals surface area contributed by atoms with Crippen molar-refractivity contribution >= 4 is 5.69 Å². The zero-order chi connectivity index (χ0) is 20.1. The Hall–Kier alpha value is -3.79. The number of nitrogens with zero attached hydrogens (tertiary/aromatic N) is 3. The van der Waals surface area contributed by atoms with Gasteiger partial charge >= 0.3 is 0 Å². The van der Waals surface area contributed by atoms with Crippen LogP contribution in [0.4, 0.5) is 5.69 Å². The fraction of sp³-hybridized carbons (Fsp3) is 0.0800. The minimum Gasteiger partial charge on any atom is -0.359 e. The van der Waals surface area contributed by atoms with E-state index in [0.29, 0.717) is 17.5 Å². The van der Waals surface area contributed by atoms with Crippen LogP contribution >= 0.6 is 0 Å². The quantitative estimate of drug-likeness (QED) is 0.449. The second-order valence-corrected chi connectivity index (χ2v) is 6.71. The molecule has 0 aliphatic heterocycles. The lowest BCUT2D eigenvalue weighted by Crippen LogP contribution is -2.00. The van der Waals surface area contributed by atoms with Gasteiger partial charge in [0.1, 0.15) is 0 Å². The summed E-state index contributed by atoms with van der Waals surface area (Å²) in [4.78, 5) is 14.2. The number of rotatable bonds is 5. The molecule has 142 valence electrons. The summed E-state index contributed by atoms with van der Waals surface area (Å²) in [6.07, 6.45) is 2.04. The van der Waals surface area contributed by atoms with Gasteiger partial charge in [0.25, 0.3) is 0 Å². The van der Waals surface area contributed by atoms with Gasteiger partial charge in [0, 0.05) is 28.1 Å². The van der Waals surface area contributed by atoms with Crippen LogP contribution in [0.2, 0.25) is 0 Å². The molecule has 4 aromatic rings. The molecule has 0 saturated carbocycles. The maximum Gasteiger partial charge on any atom is 0.164 e. The molecule has 4 rings (SSSR count). The molecule has 0 fully saturated rings. The van der Waals surface area contributed by atoms with Crippen molar-refractivity contribution in [3.05, 3.63) is 96.7 Å². The maximum absolute atomic E-state index is 4.75. The van der Waals surface area contributed by atoms with Crippen molar-refractivity contribution in [1.29, 1.82) is 0 Å². The van der Waals surface area contributed by atoms with E-state index < -0.39 is 0 Å². The van der Waals surface area contributed by atoms with Crippen molar-refractivity contribution in [2.45, 2.75) is 13.8 Å². The van der Waals surface area contributed by atoms with E-state index in [1.54, 1.807) is 0 Å². The third-order valence-corrected chi connectivity index (χ3v) is 4.62. The van der Waals surface area contributed by atoms with E-state index in [2.05, 4.69) is 5.32 Å². The Bertz CT molecular complexity index is 1060. The van der Waals surface area contributed by atoms with Gasteiger partial charge in [-0.1, -0.05) is 66.7 Å². The third-order valence-electron chi connectivity index (χ3n) is 4.62. The molecule has 1 heterocycles. The molecule has 3 aromatic carbocycles. The highest BCUT2D eigenvalue weighted by molar-refractivity contribution is 5.67. The Morgan fingerprint density at radius 1 is 0.621 bits per heavy atom. The standard InChI is InChI=1S/C25H22N4/c1-3-18(2)26-22-16-14-21(15-17-22)25-28-23(19-10-6-4-7-11-19)27-24(29-25)20-12-8-5-9-13-20/h3-17,26H,1-2H3/b18-3+. The number of allylic oxidation sites excluding steroid dienone is 2. The maximum atomic E-state index is 4.75. The molecular formula is C25H22N4. The fourth-order valence-electron chi connectivity index (χ4n) is 2.94. The van der Waals surface area contributed by atoms with Crippen molar-refractivity contribution in [3.63, 3.8) is 0 Å². The highest BCUT2D eigenvalue weighted by atomic mass is 15.0. The summed E-state index contributed by atoms with van der Waals surface area (Å²) in [6, 6.07) is 28.1. The minimum absolute atomic E-state index is 0.659. The first-order valence-corrected chi connectivity index (χ1v) is 9.60. The summed E-state index contributed by atoms with van der Waals surface area (Å²) >= 11 is 0. The Kier molecular flexibility index (Phi) is 5.43. The topological polar surface area (TPSA) is 50.7 Å². The molecular weight excluding hydrogens is 356 g/mol. The minimum atomic E-state index is 0.659. The summed E-state index contributed by atoms with van der Waals surface area (Å²) < 4.78 is 0. The zero-order valence-corrected chi connectivity index (χ0v) is 16.5. The van der Waals surface area contributed by atoms with E-state index >= 15 is 0 Å². The lowest BCUT2D eigenvalue weighted by atomic mass is 10.1. The normalized spacial score (nSPS) is 11.3. The van der Waals surface area contributed by atoms with Gasteiger partial charge in [-0.3, -0.25) is 0 Å². The molecule has 29 heavy (non-hydrogen) atoms. The zero-order valence-electron chi connectivity index (χ0n) is 16.5. The Labute approximate surface area is 171 Å². The van der Waals surface area contributed by atoms with Gasteiger partial charge in [0.05, 0.1) is 0 Å². The number of hydrogen-bond donors (Lipinski definition) is 1. The SMILES string of the molecule is C/C=C(\C)Nc1ccc(-c2nc(-c3ccccc3)nc(-c3ccccc3)n2)cc1. The molecule has 0 amide bonds. The molecule has 1 N–H and O–H groups in total. The van der Waals surface area contributed by atoms with Crippen molar-refractivity contribution in [1.82, 2.24) is 15.0 Å². The monoisotopic (exact) mass is 378 g/mol. The van der Waals surface area contributed by atoms with Gasteiger partial charge in [-0.25, -0.2) is 15.0 Å². The van der Waals surface area contributed by atoms with Crippen LogP contribution in [0.3, 0.4) is 0 Å². The van der Waals surface area contributed by atoms with E-state index in [4.69, 9.17) is 15.0 Å². The molecule has 0 atom stereocenters. The van der Waals surface area contributed by atoms with Gasteiger partial charge in [-0.2, -0.15) is 0 Å². The summed E-state index contributed by atoms with van der Waals surface area (Å²) in [5, 5.41) is 3.35. The Morgan fingerprint density at radius 2 is 1.03 bits per heavy atom. The van der Waals surface area contributed by atoms with Gasteiger partial charge in [-0.05, 0) is 38.1 Å². The molecule has 0 radical (unpaired) electrons. The van der Waals surface area contributed by atoms with E-state index in [1.165, 1.54) is 0 Å². The molecule has 0 saturated heterocycles. The molecule has 0 aliphatic rings. The molecule has 1 aromatic heterocycles. The predicted octanol–water partition coefficient (Wildman–Crippen LogP) is 6.21. The van der Waals surface area contributed by atoms with Crippen LogP contribution in [-0.4, -0.2) is 15.0 Å². The van der Waals surface area contributed by atoms with Crippen LogP contribution in [0, 0.1) is 0 Å². The summed E-state index contributed by atoms with van der Waals surface area (Å²) in [5.74, 6) is 2.00. The average molecular weight is 378 g/mol. The van der Waals surface area contributed by atoms with Gasteiger partial charge in [0.15, 0.2) is 17.5 Å². The van der Waals surface area contributed by atoms with E-state index in [9.17, 15) is 0 Å². The first-order valence-electron chi connectivity index (χ1n) is 9.60. The van der Waals surface area contributed by atoms with Crippen LogP contribution < -0.4 is 5.32 Å². The first-order chi connectivity index (χ1) is 14.2. The van der Waals surface area contributed by atoms with Gasteiger partial charge in [0.2, 0.25) is 0 Å². The van der Waals surface area contributed by atoms with Crippen LogP contribution in [-0.2, 0) is 0 Å². The number of benzene rings is 3. The molecule has 0 spiro atoms. The van der Waals surface area contributed by atoms with Crippen molar-refractivity contribution < 1.29 is 0 Å². The lowest BCUT2D eigenvalue weighted by molar-refractivity contribution is 1.07. The van der Waals surface area contributed by atoms with Crippen molar-refractivity contribution in [2.24, 2.45) is 0 Å². The lowest BCUT2D eigenvalue weighted by Gasteiger charge is -2.10. The van der Waals surface area contributed by atoms with Crippen LogP contribution in [0.25, 0.3) is 34.2 Å². The number of aromatic nitrogens is 3. The smallest absolute Gasteiger partial charge is 0.164 e. The van der Waals surface area contributed by atoms with Gasteiger partial charge in [-0.15, -0.1) is 0 Å². The number of nitrogens with one attached hydrogen (secondary N) is 1. The third kappa shape index (κ3) is 4.38. The number of hydrogen-bond acceptors (Lipinski definition) is 4. The van der Waals surface area contributed by atoms with Crippen molar-refractivity contribution in [2.75, 3.05) is 5.32 Å². The van der Waals surface area contributed by atoms with E-state index in [-0.39, 0.29) is 0 Å². The van der Waals surface area contributed by atoms with Crippen molar-refractivity contribution in [3.8, 4) is 34.2 Å². The van der Waals surface area contributed by atoms with E-state index in [1.807, 2.05) is 105 Å². The average Bonchev–Trinajstić information content (AvgIpc) is 2.80. The Balaban J connectivity index is 1.78. The molecule has 4 nitrogen and oxygen atoms in total. The number of anilines is 1. The molecule has 0 aliphatic carbocycles. The second kappa shape index (κ2) is 8.48. The van der Waals surface area contributed by atoms with E-state index in [0.717, 1.165) is 28.1 Å².